The maximum Gasteiger partial charge on any atom is 0.278 e. The molecule has 2 aliphatic rings. The maximum atomic E-state index is 13.0. The molecule has 2 heterocycles. The zero-order chi connectivity index (χ0) is 18.0. The third-order valence-corrected chi connectivity index (χ3v) is 4.39. The Morgan fingerprint density at radius 2 is 1.72 bits per heavy atom. The number of nitrogens with zero attached hydrogens (tertiary/aromatic N) is 2. The van der Waals surface area contributed by atoms with Crippen LogP contribution in [-0.4, -0.2) is 60.6 Å². The van der Waals surface area contributed by atoms with Crippen molar-refractivity contribution < 1.29 is 19.1 Å². The van der Waals surface area contributed by atoms with Crippen molar-refractivity contribution in [2.45, 2.75) is 26.8 Å². The van der Waals surface area contributed by atoms with E-state index in [1.807, 2.05) is 49.9 Å². The monoisotopic (exact) mass is 344 g/mol. The van der Waals surface area contributed by atoms with Crippen molar-refractivity contribution in [3.05, 3.63) is 35.5 Å². The van der Waals surface area contributed by atoms with Gasteiger partial charge in [-0.3, -0.25) is 14.5 Å². The summed E-state index contributed by atoms with van der Waals surface area (Å²) in [5.41, 5.74) is 1.71. The highest BCUT2D eigenvalue weighted by Crippen LogP contribution is 2.33. The quantitative estimate of drug-likeness (QED) is 0.764. The average molecular weight is 344 g/mol. The fraction of sp³-hybridized carbons (Fsp3) is 0.474. The van der Waals surface area contributed by atoms with E-state index in [0.29, 0.717) is 44.2 Å². The van der Waals surface area contributed by atoms with E-state index in [-0.39, 0.29) is 17.9 Å². The molecular formula is C19H24N2O4. The number of carbonyl (C=O) groups excluding carboxylic acids is 2. The van der Waals surface area contributed by atoms with Gasteiger partial charge >= 0.3 is 0 Å². The largest absolute Gasteiger partial charge is 0.494 e. The lowest BCUT2D eigenvalue weighted by Crippen LogP contribution is -2.42. The second-order valence-corrected chi connectivity index (χ2v) is 6.35. The summed E-state index contributed by atoms with van der Waals surface area (Å²) in [6, 6.07) is 7.17. The van der Waals surface area contributed by atoms with E-state index >= 15 is 0 Å². The van der Waals surface area contributed by atoms with Crippen molar-refractivity contribution in [3.63, 3.8) is 0 Å². The first kappa shape index (κ1) is 17.5. The third-order valence-electron chi connectivity index (χ3n) is 4.39. The highest BCUT2D eigenvalue weighted by molar-refractivity contribution is 6.35. The van der Waals surface area contributed by atoms with Gasteiger partial charge in [0.05, 0.1) is 25.4 Å². The lowest BCUT2D eigenvalue weighted by molar-refractivity contribution is -0.139. The first-order chi connectivity index (χ1) is 12.0. The van der Waals surface area contributed by atoms with E-state index in [1.165, 1.54) is 4.90 Å². The minimum Gasteiger partial charge on any atom is -0.494 e. The molecule has 0 bridgehead atoms. The molecule has 2 aliphatic heterocycles. The molecule has 0 N–H and O–H groups in total. The first-order valence-corrected chi connectivity index (χ1v) is 8.72. The van der Waals surface area contributed by atoms with Crippen molar-refractivity contribution in [1.82, 2.24) is 9.80 Å². The lowest BCUT2D eigenvalue weighted by Gasteiger charge is -2.30. The number of imide groups is 1. The molecule has 6 heteroatoms. The van der Waals surface area contributed by atoms with Crippen LogP contribution in [0.25, 0.3) is 5.57 Å². The van der Waals surface area contributed by atoms with Crippen LogP contribution < -0.4 is 4.74 Å². The molecule has 0 unspecified atom stereocenters. The second-order valence-electron chi connectivity index (χ2n) is 6.35. The molecule has 6 nitrogen and oxygen atoms in total. The zero-order valence-electron chi connectivity index (χ0n) is 14.9. The van der Waals surface area contributed by atoms with Gasteiger partial charge in [-0.25, -0.2) is 0 Å². The molecule has 1 saturated heterocycles. The molecule has 0 atom stereocenters. The Bertz CT molecular complexity index is 688. The molecule has 134 valence electrons. The van der Waals surface area contributed by atoms with Crippen LogP contribution in [0.1, 0.15) is 26.3 Å². The van der Waals surface area contributed by atoms with E-state index in [9.17, 15) is 9.59 Å². The maximum absolute atomic E-state index is 13.0. The summed E-state index contributed by atoms with van der Waals surface area (Å²) in [4.78, 5) is 29.2. The Kier molecular flexibility index (Phi) is 5.08. The number of hydrogen-bond donors (Lipinski definition) is 0. The molecule has 25 heavy (non-hydrogen) atoms. The summed E-state index contributed by atoms with van der Waals surface area (Å²) < 4.78 is 10.9. The van der Waals surface area contributed by atoms with Crippen LogP contribution in [0.4, 0.5) is 0 Å². The summed E-state index contributed by atoms with van der Waals surface area (Å²) in [5.74, 6) is 0.300. The minimum atomic E-state index is -0.231. The molecule has 1 aromatic carbocycles. The number of benzene rings is 1. The summed E-state index contributed by atoms with van der Waals surface area (Å²) >= 11 is 0. The summed E-state index contributed by atoms with van der Waals surface area (Å²) in [7, 11) is 0. The van der Waals surface area contributed by atoms with Crippen LogP contribution in [0.3, 0.4) is 0 Å². The number of morpholine rings is 1. The van der Waals surface area contributed by atoms with Crippen LogP contribution in [0.15, 0.2) is 30.0 Å². The van der Waals surface area contributed by atoms with Gasteiger partial charge in [-0.05, 0) is 38.5 Å². The van der Waals surface area contributed by atoms with E-state index in [0.717, 1.165) is 11.3 Å². The van der Waals surface area contributed by atoms with Gasteiger partial charge in [-0.1, -0.05) is 12.1 Å². The van der Waals surface area contributed by atoms with Crippen LogP contribution in [0, 0.1) is 0 Å². The topological polar surface area (TPSA) is 59.1 Å². The number of hydrogen-bond acceptors (Lipinski definition) is 5. The SMILES string of the molecule is CCOc1ccc(C2=C(N3CCOCC3)C(=O)N(C(C)C)C2=O)cc1. The van der Waals surface area contributed by atoms with Crippen molar-refractivity contribution in [2.24, 2.45) is 0 Å². The average Bonchev–Trinajstić information content (AvgIpc) is 2.87. The Balaban J connectivity index is 2.03. The number of amides is 2. The van der Waals surface area contributed by atoms with Crippen LogP contribution in [-0.2, 0) is 14.3 Å². The van der Waals surface area contributed by atoms with Crippen LogP contribution in [0.5, 0.6) is 5.75 Å². The molecule has 0 saturated carbocycles. The van der Waals surface area contributed by atoms with Gasteiger partial charge in [-0.2, -0.15) is 0 Å². The predicted molar refractivity (Wildman–Crippen MR) is 93.9 cm³/mol. The molecule has 0 aliphatic carbocycles. The molecular weight excluding hydrogens is 320 g/mol. The lowest BCUT2D eigenvalue weighted by atomic mass is 10.0. The Hall–Kier alpha value is -2.34. The van der Waals surface area contributed by atoms with Gasteiger partial charge in [-0.15, -0.1) is 0 Å². The molecule has 1 aromatic rings. The van der Waals surface area contributed by atoms with E-state index in [1.54, 1.807) is 0 Å². The Morgan fingerprint density at radius 3 is 2.28 bits per heavy atom. The van der Waals surface area contributed by atoms with Gasteiger partial charge in [0, 0.05) is 19.1 Å². The van der Waals surface area contributed by atoms with Gasteiger partial charge in [0.2, 0.25) is 0 Å². The second kappa shape index (κ2) is 7.27. The van der Waals surface area contributed by atoms with Crippen molar-refractivity contribution >= 4 is 17.4 Å². The van der Waals surface area contributed by atoms with Crippen molar-refractivity contribution in [3.8, 4) is 5.75 Å². The summed E-state index contributed by atoms with van der Waals surface area (Å²) in [6.45, 7) is 8.56. The first-order valence-electron chi connectivity index (χ1n) is 8.72. The van der Waals surface area contributed by atoms with Gasteiger partial charge < -0.3 is 14.4 Å². The normalized spacial score (nSPS) is 18.6. The summed E-state index contributed by atoms with van der Waals surface area (Å²) in [6.07, 6.45) is 0. The number of rotatable bonds is 5. The molecule has 0 aromatic heterocycles. The van der Waals surface area contributed by atoms with Crippen molar-refractivity contribution in [1.29, 1.82) is 0 Å². The molecule has 1 fully saturated rings. The molecule has 2 amide bonds. The Labute approximate surface area is 148 Å². The molecule has 0 spiro atoms. The highest BCUT2D eigenvalue weighted by Gasteiger charge is 2.42. The fourth-order valence-electron chi connectivity index (χ4n) is 3.23. The van der Waals surface area contributed by atoms with E-state index in [4.69, 9.17) is 9.47 Å². The predicted octanol–water partition coefficient (Wildman–Crippen LogP) is 1.91. The smallest absolute Gasteiger partial charge is 0.278 e. The Morgan fingerprint density at radius 1 is 1.08 bits per heavy atom. The van der Waals surface area contributed by atoms with E-state index in [2.05, 4.69) is 0 Å². The number of carbonyl (C=O) groups is 2. The molecule has 0 radical (unpaired) electrons. The van der Waals surface area contributed by atoms with Gasteiger partial charge in [0.1, 0.15) is 11.4 Å². The zero-order valence-corrected chi connectivity index (χ0v) is 14.9. The van der Waals surface area contributed by atoms with Crippen LogP contribution in [0.2, 0.25) is 0 Å². The summed E-state index contributed by atoms with van der Waals surface area (Å²) in [5, 5.41) is 0. The highest BCUT2D eigenvalue weighted by atomic mass is 16.5. The standard InChI is InChI=1S/C19H24N2O4/c1-4-25-15-7-5-14(6-8-15)16-17(20-9-11-24-12-10-20)19(23)21(13(2)3)18(16)22/h5-8,13H,4,9-12H2,1-3H3. The number of ether oxygens (including phenoxy) is 2. The minimum absolute atomic E-state index is 0.184. The fourth-order valence-corrected chi connectivity index (χ4v) is 3.23. The third kappa shape index (κ3) is 3.26. The van der Waals surface area contributed by atoms with Crippen molar-refractivity contribution in [2.75, 3.05) is 32.9 Å². The van der Waals surface area contributed by atoms with E-state index < -0.39 is 0 Å². The van der Waals surface area contributed by atoms with Gasteiger partial charge in [0.25, 0.3) is 11.8 Å². The van der Waals surface area contributed by atoms with Crippen LogP contribution >= 0.6 is 0 Å². The van der Waals surface area contributed by atoms with Gasteiger partial charge in [0.15, 0.2) is 0 Å². The molecule has 3 rings (SSSR count).